The first-order valence-corrected chi connectivity index (χ1v) is 6.59. The molecule has 0 saturated carbocycles. The van der Waals surface area contributed by atoms with Crippen LogP contribution in [-0.4, -0.2) is 0 Å². The van der Waals surface area contributed by atoms with Gasteiger partial charge in [0.05, 0.1) is 0 Å². The Balaban J connectivity index is 0.000000219. The van der Waals surface area contributed by atoms with E-state index in [-0.39, 0.29) is 16.3 Å². The van der Waals surface area contributed by atoms with Crippen molar-refractivity contribution >= 4 is 18.3 Å². The molecule has 0 aliphatic rings. The third-order valence-corrected chi connectivity index (χ3v) is 3.26. The Kier molecular flexibility index (Phi) is 6.08. The standard InChI is InChI=1S/C8H7F3S.C7H8FN/c1-2-4-5(9)3-6(10)7(11)8(4)12;1-5-2-3-6(9)4-7(5)8/h3,12H,2H2,1H3;2-4H,9H2,1H3. The second kappa shape index (κ2) is 7.36. The summed E-state index contributed by atoms with van der Waals surface area (Å²) in [5.41, 5.74) is 6.50. The van der Waals surface area contributed by atoms with Gasteiger partial charge < -0.3 is 5.73 Å². The molecule has 0 atom stereocenters. The highest BCUT2D eigenvalue weighted by Gasteiger charge is 2.14. The summed E-state index contributed by atoms with van der Waals surface area (Å²) in [6, 6.07) is 5.19. The Labute approximate surface area is 126 Å². The molecule has 0 bridgehead atoms. The molecule has 2 N–H and O–H groups in total. The van der Waals surface area contributed by atoms with E-state index in [0.29, 0.717) is 23.7 Å². The Bertz CT molecular complexity index is 644. The molecule has 0 unspecified atom stereocenters. The fourth-order valence-corrected chi connectivity index (χ4v) is 1.94. The smallest absolute Gasteiger partial charge is 0.172 e. The van der Waals surface area contributed by atoms with E-state index in [0.717, 1.165) is 0 Å². The van der Waals surface area contributed by atoms with E-state index >= 15 is 0 Å². The van der Waals surface area contributed by atoms with Gasteiger partial charge in [-0.15, -0.1) is 12.6 Å². The van der Waals surface area contributed by atoms with Crippen LogP contribution >= 0.6 is 12.6 Å². The van der Waals surface area contributed by atoms with E-state index in [9.17, 15) is 17.6 Å². The molecule has 114 valence electrons. The summed E-state index contributed by atoms with van der Waals surface area (Å²) in [5, 5.41) is 0. The van der Waals surface area contributed by atoms with Gasteiger partial charge in [-0.3, -0.25) is 0 Å². The number of aryl methyl sites for hydroxylation is 1. The summed E-state index contributed by atoms with van der Waals surface area (Å²) in [6.07, 6.45) is 0.294. The summed E-state index contributed by atoms with van der Waals surface area (Å²) in [6.45, 7) is 3.35. The van der Waals surface area contributed by atoms with E-state index in [1.807, 2.05) is 0 Å². The summed E-state index contributed by atoms with van der Waals surface area (Å²) >= 11 is 3.68. The van der Waals surface area contributed by atoms with Crippen molar-refractivity contribution in [3.8, 4) is 0 Å². The third kappa shape index (κ3) is 4.39. The van der Waals surface area contributed by atoms with Crippen molar-refractivity contribution in [3.05, 3.63) is 58.7 Å². The molecule has 0 aliphatic carbocycles. The number of benzene rings is 2. The van der Waals surface area contributed by atoms with Gasteiger partial charge >= 0.3 is 0 Å². The molecule has 1 nitrogen and oxygen atoms in total. The molecule has 0 spiro atoms. The highest BCUT2D eigenvalue weighted by atomic mass is 32.1. The van der Waals surface area contributed by atoms with Gasteiger partial charge in [-0.25, -0.2) is 17.6 Å². The first-order valence-electron chi connectivity index (χ1n) is 6.14. The number of nitrogens with two attached hydrogens (primary N) is 1. The van der Waals surface area contributed by atoms with Gasteiger partial charge in [0.1, 0.15) is 11.6 Å². The van der Waals surface area contributed by atoms with Crippen LogP contribution < -0.4 is 5.73 Å². The van der Waals surface area contributed by atoms with Gasteiger partial charge in [0.25, 0.3) is 0 Å². The average molecular weight is 317 g/mol. The minimum Gasteiger partial charge on any atom is -0.399 e. The van der Waals surface area contributed by atoms with Gasteiger partial charge in [0, 0.05) is 22.2 Å². The van der Waals surface area contributed by atoms with Crippen molar-refractivity contribution in [1.82, 2.24) is 0 Å². The van der Waals surface area contributed by atoms with Crippen LogP contribution in [0.25, 0.3) is 0 Å². The predicted octanol–water partition coefficient (Wildman–Crippen LogP) is 4.67. The maximum atomic E-state index is 12.8. The summed E-state index contributed by atoms with van der Waals surface area (Å²) < 4.78 is 50.6. The zero-order chi connectivity index (χ0) is 16.2. The SMILES string of the molecule is CCc1c(F)cc(F)c(F)c1S.Cc1ccc(N)cc1F. The van der Waals surface area contributed by atoms with Crippen molar-refractivity contribution < 1.29 is 17.6 Å². The Morgan fingerprint density at radius 2 is 1.62 bits per heavy atom. The first-order chi connectivity index (χ1) is 9.77. The van der Waals surface area contributed by atoms with Crippen molar-refractivity contribution in [3.63, 3.8) is 0 Å². The number of hydrogen-bond acceptors (Lipinski definition) is 2. The number of rotatable bonds is 1. The number of halogens is 4. The lowest BCUT2D eigenvalue weighted by Crippen LogP contribution is -1.97. The number of anilines is 1. The van der Waals surface area contributed by atoms with Crippen LogP contribution in [0.1, 0.15) is 18.1 Å². The minimum atomic E-state index is -1.20. The first kappa shape index (κ1) is 17.4. The van der Waals surface area contributed by atoms with E-state index in [1.165, 1.54) is 6.07 Å². The minimum absolute atomic E-state index is 0.109. The second-order valence-corrected chi connectivity index (χ2v) is 4.79. The van der Waals surface area contributed by atoms with E-state index in [4.69, 9.17) is 5.73 Å². The summed E-state index contributed by atoms with van der Waals surface area (Å²) in [5.74, 6) is -3.28. The van der Waals surface area contributed by atoms with Crippen molar-refractivity contribution in [1.29, 1.82) is 0 Å². The average Bonchev–Trinajstić information content (AvgIpc) is 2.42. The predicted molar refractivity (Wildman–Crippen MR) is 78.5 cm³/mol. The van der Waals surface area contributed by atoms with E-state index in [1.54, 1.807) is 26.0 Å². The van der Waals surface area contributed by atoms with Gasteiger partial charge in [0.15, 0.2) is 11.6 Å². The van der Waals surface area contributed by atoms with Crippen molar-refractivity contribution in [2.24, 2.45) is 0 Å². The summed E-state index contributed by atoms with van der Waals surface area (Å²) in [7, 11) is 0. The number of nitrogen functional groups attached to an aromatic ring is 1. The topological polar surface area (TPSA) is 26.0 Å². The zero-order valence-electron chi connectivity index (χ0n) is 11.6. The van der Waals surface area contributed by atoms with Crippen LogP contribution in [0.3, 0.4) is 0 Å². The molecule has 0 amide bonds. The fourth-order valence-electron chi connectivity index (χ4n) is 1.57. The summed E-state index contributed by atoms with van der Waals surface area (Å²) in [4.78, 5) is -0.241. The molecule has 2 aromatic rings. The van der Waals surface area contributed by atoms with Crippen LogP contribution in [0.4, 0.5) is 23.2 Å². The van der Waals surface area contributed by atoms with Crippen LogP contribution in [0.5, 0.6) is 0 Å². The van der Waals surface area contributed by atoms with E-state index < -0.39 is 17.5 Å². The van der Waals surface area contributed by atoms with E-state index in [2.05, 4.69) is 12.6 Å². The largest absolute Gasteiger partial charge is 0.399 e. The molecule has 6 heteroatoms. The quantitative estimate of drug-likeness (QED) is 0.340. The lowest BCUT2D eigenvalue weighted by atomic mass is 10.1. The fraction of sp³-hybridized carbons (Fsp3) is 0.200. The molecular weight excluding hydrogens is 302 g/mol. The molecule has 2 rings (SSSR count). The third-order valence-electron chi connectivity index (χ3n) is 2.79. The maximum absolute atomic E-state index is 12.8. The molecule has 0 aliphatic heterocycles. The van der Waals surface area contributed by atoms with Crippen LogP contribution in [0, 0.1) is 30.2 Å². The molecule has 0 heterocycles. The van der Waals surface area contributed by atoms with Gasteiger partial charge in [0.2, 0.25) is 0 Å². The van der Waals surface area contributed by atoms with Crippen LogP contribution in [0.2, 0.25) is 0 Å². The molecule has 2 aromatic carbocycles. The second-order valence-electron chi connectivity index (χ2n) is 4.34. The molecule has 0 saturated heterocycles. The maximum Gasteiger partial charge on any atom is 0.172 e. The highest BCUT2D eigenvalue weighted by molar-refractivity contribution is 7.80. The zero-order valence-corrected chi connectivity index (χ0v) is 12.4. The Hall–Kier alpha value is -1.69. The highest BCUT2D eigenvalue weighted by Crippen LogP contribution is 2.23. The molecule has 21 heavy (non-hydrogen) atoms. The lowest BCUT2D eigenvalue weighted by molar-refractivity contribution is 0.471. The van der Waals surface area contributed by atoms with Crippen LogP contribution in [-0.2, 0) is 6.42 Å². The van der Waals surface area contributed by atoms with Gasteiger partial charge in [-0.2, -0.15) is 0 Å². The molecule has 0 fully saturated rings. The lowest BCUT2D eigenvalue weighted by Gasteiger charge is -2.05. The molecular formula is C15H15F4NS. The number of hydrogen-bond donors (Lipinski definition) is 2. The Morgan fingerprint density at radius 3 is 2.10 bits per heavy atom. The van der Waals surface area contributed by atoms with Crippen molar-refractivity contribution in [2.75, 3.05) is 5.73 Å². The van der Waals surface area contributed by atoms with Gasteiger partial charge in [-0.1, -0.05) is 13.0 Å². The normalized spacial score (nSPS) is 10.0. The monoisotopic (exact) mass is 317 g/mol. The van der Waals surface area contributed by atoms with Gasteiger partial charge in [-0.05, 0) is 31.0 Å². The number of thiol groups is 1. The van der Waals surface area contributed by atoms with Crippen molar-refractivity contribution in [2.45, 2.75) is 25.2 Å². The molecule has 0 radical (unpaired) electrons. The van der Waals surface area contributed by atoms with Crippen LogP contribution in [0.15, 0.2) is 29.2 Å². The molecule has 0 aromatic heterocycles. The Morgan fingerprint density at radius 1 is 1.00 bits per heavy atom.